The fraction of sp³-hybridized carbons (Fsp3) is 0.462. The average Bonchev–Trinajstić information content (AvgIpc) is 2.91. The highest BCUT2D eigenvalue weighted by molar-refractivity contribution is 5.93. The van der Waals surface area contributed by atoms with Crippen LogP contribution in [0.3, 0.4) is 0 Å². The molecule has 2 N–H and O–H groups in total. The van der Waals surface area contributed by atoms with Gasteiger partial charge in [0, 0.05) is 18.5 Å². The fourth-order valence-electron chi connectivity index (χ4n) is 2.27. The van der Waals surface area contributed by atoms with Crippen LogP contribution in [0.15, 0.2) is 12.1 Å². The quantitative estimate of drug-likeness (QED) is 0.792. The molecule has 1 saturated heterocycles. The number of hydrogen-bond donors (Lipinski definition) is 2. The van der Waals surface area contributed by atoms with E-state index >= 15 is 0 Å². The van der Waals surface area contributed by atoms with Gasteiger partial charge in [-0.25, -0.2) is 4.79 Å². The van der Waals surface area contributed by atoms with Crippen LogP contribution in [0.4, 0.5) is 0 Å². The van der Waals surface area contributed by atoms with Gasteiger partial charge < -0.3 is 19.9 Å². The Bertz CT molecular complexity index is 453. The van der Waals surface area contributed by atoms with Gasteiger partial charge in [-0.15, -0.1) is 0 Å². The van der Waals surface area contributed by atoms with E-state index in [2.05, 4.69) is 5.32 Å². The third-order valence-electron chi connectivity index (χ3n) is 3.25. The molecule has 1 aromatic rings. The largest absolute Gasteiger partial charge is 0.508 e. The first kappa shape index (κ1) is 12.7. The highest BCUT2D eigenvalue weighted by atomic mass is 16.5. The number of nitrogens with one attached hydrogen (secondary N) is 1. The number of phenolic OH excluding ortho intramolecular Hbond substituents is 1. The minimum absolute atomic E-state index is 0.160. The maximum atomic E-state index is 11.7. The minimum atomic E-state index is -0.459. The average molecular weight is 251 g/mol. The lowest BCUT2D eigenvalue weighted by atomic mass is 9.95. The Morgan fingerprint density at radius 1 is 1.44 bits per heavy atom. The monoisotopic (exact) mass is 251 g/mol. The fourth-order valence-corrected chi connectivity index (χ4v) is 2.27. The molecule has 5 heteroatoms. The smallest absolute Gasteiger partial charge is 0.341 e. The first-order valence-corrected chi connectivity index (χ1v) is 5.87. The SMILES string of the molecule is COC(=O)c1cc(C2CCNC2)c(O)cc1OC. The van der Waals surface area contributed by atoms with Crippen LogP contribution in [0.5, 0.6) is 11.5 Å². The second-order valence-corrected chi connectivity index (χ2v) is 4.29. The lowest BCUT2D eigenvalue weighted by molar-refractivity contribution is 0.0597. The van der Waals surface area contributed by atoms with Crippen LogP contribution >= 0.6 is 0 Å². The Balaban J connectivity index is 2.44. The van der Waals surface area contributed by atoms with E-state index in [1.54, 1.807) is 6.07 Å². The van der Waals surface area contributed by atoms with Crippen LogP contribution in [0.1, 0.15) is 28.3 Å². The molecule has 0 radical (unpaired) electrons. The van der Waals surface area contributed by atoms with Gasteiger partial charge in [-0.05, 0) is 24.6 Å². The maximum absolute atomic E-state index is 11.7. The number of aromatic hydroxyl groups is 1. The van der Waals surface area contributed by atoms with E-state index in [9.17, 15) is 9.90 Å². The number of phenols is 1. The molecule has 1 atom stereocenters. The first-order valence-electron chi connectivity index (χ1n) is 5.87. The van der Waals surface area contributed by atoms with Crippen LogP contribution in [-0.2, 0) is 4.74 Å². The van der Waals surface area contributed by atoms with Gasteiger partial charge in [0.05, 0.1) is 14.2 Å². The van der Waals surface area contributed by atoms with Crippen molar-refractivity contribution in [2.75, 3.05) is 27.3 Å². The second-order valence-electron chi connectivity index (χ2n) is 4.29. The molecular weight excluding hydrogens is 234 g/mol. The van der Waals surface area contributed by atoms with E-state index in [0.717, 1.165) is 25.1 Å². The molecule has 1 aromatic carbocycles. The molecule has 1 heterocycles. The molecule has 1 aliphatic rings. The standard InChI is InChI=1S/C13H17NO4/c1-17-12-6-11(15)9(8-3-4-14-7-8)5-10(12)13(16)18-2/h5-6,8,14-15H,3-4,7H2,1-2H3. The number of ether oxygens (including phenoxy) is 2. The summed E-state index contributed by atoms with van der Waals surface area (Å²) in [6.45, 7) is 1.73. The van der Waals surface area contributed by atoms with Crippen molar-refractivity contribution in [2.45, 2.75) is 12.3 Å². The molecule has 0 spiro atoms. The van der Waals surface area contributed by atoms with E-state index in [-0.39, 0.29) is 11.7 Å². The normalized spacial score (nSPS) is 18.7. The van der Waals surface area contributed by atoms with Gasteiger partial charge >= 0.3 is 5.97 Å². The van der Waals surface area contributed by atoms with Gasteiger partial charge in [0.15, 0.2) is 0 Å². The third kappa shape index (κ3) is 2.26. The van der Waals surface area contributed by atoms with Crippen molar-refractivity contribution in [1.82, 2.24) is 5.32 Å². The molecule has 98 valence electrons. The molecule has 1 unspecified atom stereocenters. The zero-order valence-corrected chi connectivity index (χ0v) is 10.5. The summed E-state index contributed by atoms with van der Waals surface area (Å²) < 4.78 is 9.81. The van der Waals surface area contributed by atoms with Crippen molar-refractivity contribution in [3.8, 4) is 11.5 Å². The van der Waals surface area contributed by atoms with Crippen molar-refractivity contribution in [2.24, 2.45) is 0 Å². The van der Waals surface area contributed by atoms with Crippen LogP contribution in [0, 0.1) is 0 Å². The lowest BCUT2D eigenvalue weighted by Gasteiger charge is -2.15. The van der Waals surface area contributed by atoms with Gasteiger partial charge in [0.25, 0.3) is 0 Å². The first-order chi connectivity index (χ1) is 8.67. The highest BCUT2D eigenvalue weighted by Crippen LogP contribution is 2.35. The summed E-state index contributed by atoms with van der Waals surface area (Å²) in [7, 11) is 2.78. The van der Waals surface area contributed by atoms with Gasteiger partial charge in [-0.1, -0.05) is 0 Å². The van der Waals surface area contributed by atoms with Crippen molar-refractivity contribution >= 4 is 5.97 Å². The molecule has 1 fully saturated rings. The molecule has 5 nitrogen and oxygen atoms in total. The van der Waals surface area contributed by atoms with Gasteiger partial charge in [0.1, 0.15) is 17.1 Å². The van der Waals surface area contributed by atoms with Crippen molar-refractivity contribution < 1.29 is 19.4 Å². The van der Waals surface area contributed by atoms with E-state index in [0.29, 0.717) is 11.3 Å². The number of carbonyl (C=O) groups excluding carboxylic acids is 1. The second kappa shape index (κ2) is 5.27. The Labute approximate surface area is 106 Å². The van der Waals surface area contributed by atoms with Crippen LogP contribution in [0.25, 0.3) is 0 Å². The zero-order chi connectivity index (χ0) is 13.1. The Hall–Kier alpha value is -1.75. The molecular formula is C13H17NO4. The number of carbonyl (C=O) groups is 1. The molecule has 0 amide bonds. The van der Waals surface area contributed by atoms with E-state index in [1.807, 2.05) is 0 Å². The lowest BCUT2D eigenvalue weighted by Crippen LogP contribution is -2.10. The van der Waals surface area contributed by atoms with E-state index in [4.69, 9.17) is 9.47 Å². The molecule has 2 rings (SSSR count). The topological polar surface area (TPSA) is 67.8 Å². The zero-order valence-electron chi connectivity index (χ0n) is 10.5. The summed E-state index contributed by atoms with van der Waals surface area (Å²) in [5.41, 5.74) is 1.11. The molecule has 0 saturated carbocycles. The van der Waals surface area contributed by atoms with Gasteiger partial charge in [0.2, 0.25) is 0 Å². The Kier molecular flexibility index (Phi) is 3.72. The Morgan fingerprint density at radius 2 is 2.22 bits per heavy atom. The van der Waals surface area contributed by atoms with Crippen LogP contribution in [-0.4, -0.2) is 38.4 Å². The number of rotatable bonds is 3. The van der Waals surface area contributed by atoms with Crippen LogP contribution in [0.2, 0.25) is 0 Å². The number of esters is 1. The maximum Gasteiger partial charge on any atom is 0.341 e. The van der Waals surface area contributed by atoms with E-state index in [1.165, 1.54) is 20.3 Å². The number of hydrogen-bond acceptors (Lipinski definition) is 5. The predicted molar refractivity (Wildman–Crippen MR) is 66.2 cm³/mol. The van der Waals surface area contributed by atoms with Crippen molar-refractivity contribution in [1.29, 1.82) is 0 Å². The summed E-state index contributed by atoms with van der Waals surface area (Å²) in [5, 5.41) is 13.2. The van der Waals surface area contributed by atoms with Crippen molar-refractivity contribution in [3.63, 3.8) is 0 Å². The van der Waals surface area contributed by atoms with Gasteiger partial charge in [-0.3, -0.25) is 0 Å². The highest BCUT2D eigenvalue weighted by Gasteiger charge is 2.24. The molecule has 18 heavy (non-hydrogen) atoms. The summed E-state index contributed by atoms with van der Waals surface area (Å²) in [6, 6.07) is 3.14. The molecule has 0 aromatic heterocycles. The van der Waals surface area contributed by atoms with E-state index < -0.39 is 5.97 Å². The number of methoxy groups -OCH3 is 2. The van der Waals surface area contributed by atoms with Gasteiger partial charge in [-0.2, -0.15) is 0 Å². The van der Waals surface area contributed by atoms with Crippen LogP contribution < -0.4 is 10.1 Å². The molecule has 0 bridgehead atoms. The predicted octanol–water partition coefficient (Wildman–Crippen LogP) is 1.26. The Morgan fingerprint density at radius 3 is 2.78 bits per heavy atom. The summed E-state index contributed by atoms with van der Waals surface area (Å²) in [5.74, 6) is 0.251. The summed E-state index contributed by atoms with van der Waals surface area (Å²) in [4.78, 5) is 11.7. The molecule has 0 aliphatic carbocycles. The molecule has 1 aliphatic heterocycles. The van der Waals surface area contributed by atoms with Crippen molar-refractivity contribution in [3.05, 3.63) is 23.3 Å². The third-order valence-corrected chi connectivity index (χ3v) is 3.25. The summed E-state index contributed by atoms with van der Waals surface area (Å²) >= 11 is 0. The minimum Gasteiger partial charge on any atom is -0.508 e. The number of benzene rings is 1. The summed E-state index contributed by atoms with van der Waals surface area (Å²) in [6.07, 6.45) is 0.945.